The predicted octanol–water partition coefficient (Wildman–Crippen LogP) is 6.09. The van der Waals surface area contributed by atoms with Gasteiger partial charge in [0, 0.05) is 40.8 Å². The average Bonchev–Trinajstić information content (AvgIpc) is 2.78. The zero-order valence-electron chi connectivity index (χ0n) is 17.5. The number of hydrogen-bond donors (Lipinski definition) is 1. The lowest BCUT2D eigenvalue weighted by atomic mass is 9.98. The molecule has 1 saturated heterocycles. The van der Waals surface area contributed by atoms with Gasteiger partial charge in [-0.25, -0.2) is 4.39 Å². The van der Waals surface area contributed by atoms with Gasteiger partial charge in [-0.2, -0.15) is 0 Å². The number of halogens is 2. The summed E-state index contributed by atoms with van der Waals surface area (Å²) in [6.45, 7) is 4.39. The predicted molar refractivity (Wildman–Crippen MR) is 125 cm³/mol. The van der Waals surface area contributed by atoms with Crippen LogP contribution in [0.15, 0.2) is 54.6 Å². The standard InChI is InChI=1S/C25H26ClFN2O2/c1-17-8-11-29(12-9-17)20-15-18(14-19(27)16-20)25(30)28-23-6-7-24(31-13-10-26)22-5-3-2-4-21(22)23/h2-7,14-17H,8-13H2,1H3,(H,28,30). The van der Waals surface area contributed by atoms with E-state index in [9.17, 15) is 9.18 Å². The lowest BCUT2D eigenvalue weighted by Crippen LogP contribution is -2.33. The molecule has 6 heteroatoms. The van der Waals surface area contributed by atoms with Gasteiger partial charge in [-0.3, -0.25) is 4.79 Å². The van der Waals surface area contributed by atoms with Crippen molar-refractivity contribution in [3.8, 4) is 5.75 Å². The van der Waals surface area contributed by atoms with Crippen molar-refractivity contribution in [3.05, 3.63) is 66.0 Å². The molecule has 0 saturated carbocycles. The third-order valence-electron chi connectivity index (χ3n) is 5.76. The topological polar surface area (TPSA) is 41.6 Å². The molecule has 0 radical (unpaired) electrons. The fourth-order valence-corrected chi connectivity index (χ4v) is 4.08. The number of alkyl halides is 1. The second-order valence-corrected chi connectivity index (χ2v) is 8.39. The third-order valence-corrected chi connectivity index (χ3v) is 5.91. The number of anilines is 2. The molecule has 1 aliphatic rings. The lowest BCUT2D eigenvalue weighted by Gasteiger charge is -2.32. The Morgan fingerprint density at radius 1 is 1.13 bits per heavy atom. The molecular weight excluding hydrogens is 415 g/mol. The number of hydrogen-bond acceptors (Lipinski definition) is 3. The molecule has 1 fully saturated rings. The van der Waals surface area contributed by atoms with Crippen LogP contribution in [-0.4, -0.2) is 31.5 Å². The fourth-order valence-electron chi connectivity index (χ4n) is 4.00. The van der Waals surface area contributed by atoms with Crippen LogP contribution in [0.4, 0.5) is 15.8 Å². The van der Waals surface area contributed by atoms with Crippen molar-refractivity contribution < 1.29 is 13.9 Å². The van der Waals surface area contributed by atoms with Crippen LogP contribution in [0.3, 0.4) is 0 Å². The SMILES string of the molecule is CC1CCN(c2cc(F)cc(C(=O)Nc3ccc(OCCCl)c4ccccc34)c2)CC1. The normalized spacial score (nSPS) is 14.6. The Kier molecular flexibility index (Phi) is 6.62. The van der Waals surface area contributed by atoms with Gasteiger partial charge in [-0.1, -0.05) is 31.2 Å². The number of piperidine rings is 1. The maximum atomic E-state index is 14.3. The average molecular weight is 441 g/mol. The van der Waals surface area contributed by atoms with Crippen molar-refractivity contribution in [2.75, 3.05) is 35.8 Å². The summed E-state index contributed by atoms with van der Waals surface area (Å²) in [6, 6.07) is 15.9. The van der Waals surface area contributed by atoms with E-state index in [1.165, 1.54) is 12.1 Å². The van der Waals surface area contributed by atoms with Gasteiger partial charge in [0.05, 0.1) is 5.88 Å². The van der Waals surface area contributed by atoms with Gasteiger partial charge in [-0.15, -0.1) is 11.6 Å². The van der Waals surface area contributed by atoms with E-state index in [1.54, 1.807) is 12.1 Å². The number of fused-ring (bicyclic) bond motifs is 1. The van der Waals surface area contributed by atoms with Crippen LogP contribution in [-0.2, 0) is 0 Å². The maximum Gasteiger partial charge on any atom is 0.255 e. The van der Waals surface area contributed by atoms with Crippen LogP contribution in [0.1, 0.15) is 30.1 Å². The van der Waals surface area contributed by atoms with Crippen molar-refractivity contribution in [2.24, 2.45) is 5.92 Å². The zero-order valence-corrected chi connectivity index (χ0v) is 18.3. The number of amides is 1. The van der Waals surface area contributed by atoms with Crippen LogP contribution in [0.2, 0.25) is 0 Å². The summed E-state index contributed by atoms with van der Waals surface area (Å²) < 4.78 is 20.1. The van der Waals surface area contributed by atoms with E-state index in [-0.39, 0.29) is 5.91 Å². The molecule has 1 heterocycles. The van der Waals surface area contributed by atoms with Crippen LogP contribution in [0.25, 0.3) is 10.8 Å². The van der Waals surface area contributed by atoms with E-state index in [0.717, 1.165) is 42.4 Å². The molecule has 0 unspecified atom stereocenters. The lowest BCUT2D eigenvalue weighted by molar-refractivity contribution is 0.102. The van der Waals surface area contributed by atoms with Crippen LogP contribution in [0.5, 0.6) is 5.75 Å². The highest BCUT2D eigenvalue weighted by atomic mass is 35.5. The van der Waals surface area contributed by atoms with E-state index in [2.05, 4.69) is 17.1 Å². The Morgan fingerprint density at radius 3 is 2.61 bits per heavy atom. The van der Waals surface area contributed by atoms with Gasteiger partial charge in [0.25, 0.3) is 5.91 Å². The summed E-state index contributed by atoms with van der Waals surface area (Å²) in [7, 11) is 0. The molecule has 0 spiro atoms. The molecule has 1 amide bonds. The molecule has 4 rings (SSSR count). The fraction of sp³-hybridized carbons (Fsp3) is 0.320. The van der Waals surface area contributed by atoms with Crippen LogP contribution >= 0.6 is 11.6 Å². The van der Waals surface area contributed by atoms with Crippen molar-refractivity contribution in [1.82, 2.24) is 0 Å². The summed E-state index contributed by atoms with van der Waals surface area (Å²) in [5.74, 6) is 1.03. The molecule has 1 N–H and O–H groups in total. The smallest absolute Gasteiger partial charge is 0.255 e. The first-order valence-corrected chi connectivity index (χ1v) is 11.2. The van der Waals surface area contributed by atoms with Gasteiger partial charge in [-0.05, 0) is 49.1 Å². The Morgan fingerprint density at radius 2 is 1.87 bits per heavy atom. The van der Waals surface area contributed by atoms with Gasteiger partial charge in [0.15, 0.2) is 0 Å². The minimum Gasteiger partial charge on any atom is -0.492 e. The quantitative estimate of drug-likeness (QED) is 0.472. The van der Waals surface area contributed by atoms with E-state index in [0.29, 0.717) is 35.4 Å². The summed E-state index contributed by atoms with van der Waals surface area (Å²) in [5, 5.41) is 4.68. The first kappa shape index (κ1) is 21.4. The number of nitrogens with one attached hydrogen (secondary N) is 1. The minimum atomic E-state index is -0.407. The minimum absolute atomic E-state index is 0.306. The number of nitrogens with zero attached hydrogens (tertiary/aromatic N) is 1. The molecule has 4 nitrogen and oxygen atoms in total. The Hall–Kier alpha value is -2.79. The highest BCUT2D eigenvalue weighted by Gasteiger charge is 2.19. The number of benzene rings is 3. The van der Waals surface area contributed by atoms with Crippen molar-refractivity contribution in [2.45, 2.75) is 19.8 Å². The molecule has 0 bridgehead atoms. The summed E-state index contributed by atoms with van der Waals surface area (Å²) >= 11 is 5.74. The van der Waals surface area contributed by atoms with Crippen molar-refractivity contribution in [3.63, 3.8) is 0 Å². The van der Waals surface area contributed by atoms with E-state index in [4.69, 9.17) is 16.3 Å². The van der Waals surface area contributed by atoms with Crippen LogP contribution < -0.4 is 15.0 Å². The summed E-state index contributed by atoms with van der Waals surface area (Å²) in [6.07, 6.45) is 2.14. The molecule has 31 heavy (non-hydrogen) atoms. The van der Waals surface area contributed by atoms with Crippen molar-refractivity contribution >= 4 is 39.7 Å². The van der Waals surface area contributed by atoms with E-state index in [1.807, 2.05) is 30.3 Å². The highest BCUT2D eigenvalue weighted by molar-refractivity contribution is 6.18. The molecule has 3 aromatic carbocycles. The first-order chi connectivity index (χ1) is 15.0. The molecule has 0 aromatic heterocycles. The van der Waals surface area contributed by atoms with Crippen LogP contribution in [0, 0.1) is 11.7 Å². The molecule has 0 aliphatic carbocycles. The van der Waals surface area contributed by atoms with Gasteiger partial charge in [0.2, 0.25) is 0 Å². The van der Waals surface area contributed by atoms with Crippen molar-refractivity contribution in [1.29, 1.82) is 0 Å². The number of carbonyl (C=O) groups is 1. The largest absolute Gasteiger partial charge is 0.492 e. The summed E-state index contributed by atoms with van der Waals surface area (Å²) in [5.41, 5.74) is 1.71. The molecule has 1 aliphatic heterocycles. The summed E-state index contributed by atoms with van der Waals surface area (Å²) in [4.78, 5) is 15.2. The maximum absolute atomic E-state index is 14.3. The third kappa shape index (κ3) is 4.93. The molecule has 3 aromatic rings. The highest BCUT2D eigenvalue weighted by Crippen LogP contribution is 2.32. The Bertz CT molecular complexity index is 1080. The zero-order chi connectivity index (χ0) is 21.8. The molecule has 162 valence electrons. The van der Waals surface area contributed by atoms with E-state index >= 15 is 0 Å². The van der Waals surface area contributed by atoms with E-state index < -0.39 is 5.82 Å². The molecular formula is C25H26ClFN2O2. The second-order valence-electron chi connectivity index (χ2n) is 8.02. The Labute approximate surface area is 187 Å². The monoisotopic (exact) mass is 440 g/mol. The second kappa shape index (κ2) is 9.56. The number of ether oxygens (including phenoxy) is 1. The first-order valence-electron chi connectivity index (χ1n) is 10.6. The van der Waals surface area contributed by atoms with Gasteiger partial charge < -0.3 is 15.0 Å². The van der Waals surface area contributed by atoms with Gasteiger partial charge >= 0.3 is 0 Å². The molecule has 0 atom stereocenters. The number of rotatable bonds is 6. The number of carbonyl (C=O) groups excluding carboxylic acids is 1. The Balaban J connectivity index is 1.59. The van der Waals surface area contributed by atoms with Gasteiger partial charge in [0.1, 0.15) is 18.2 Å².